The minimum absolute atomic E-state index is 0.0950. The van der Waals surface area contributed by atoms with Gasteiger partial charge in [-0.05, 0) is 26.0 Å². The average molecular weight is 297 g/mol. The molecular formula is C14H14F3N3O. The number of halogens is 3. The molecule has 0 saturated heterocycles. The zero-order valence-electron chi connectivity index (χ0n) is 11.5. The van der Waals surface area contributed by atoms with Crippen LogP contribution in [0.15, 0.2) is 30.6 Å². The van der Waals surface area contributed by atoms with E-state index in [0.29, 0.717) is 17.9 Å². The van der Waals surface area contributed by atoms with E-state index in [1.807, 2.05) is 6.92 Å². The molecule has 0 atom stereocenters. The molecule has 0 amide bonds. The van der Waals surface area contributed by atoms with Gasteiger partial charge in [0.15, 0.2) is 0 Å². The van der Waals surface area contributed by atoms with Gasteiger partial charge in [-0.25, -0.2) is 9.97 Å². The molecule has 0 unspecified atom stereocenters. The molecule has 1 N–H and O–H groups in total. The first-order chi connectivity index (χ1) is 9.93. The summed E-state index contributed by atoms with van der Waals surface area (Å²) in [5.74, 6) is 0.346. The number of hydrogen-bond donors (Lipinski definition) is 1. The fourth-order valence-electron chi connectivity index (χ4n) is 1.78. The van der Waals surface area contributed by atoms with E-state index in [0.717, 1.165) is 6.07 Å². The zero-order valence-corrected chi connectivity index (χ0v) is 11.5. The van der Waals surface area contributed by atoms with Crippen LogP contribution in [0.4, 0.5) is 19.0 Å². The minimum Gasteiger partial charge on any atom is -0.438 e. The second-order valence-electron chi connectivity index (χ2n) is 4.28. The third-order valence-corrected chi connectivity index (χ3v) is 2.78. The fourth-order valence-corrected chi connectivity index (χ4v) is 1.78. The maximum absolute atomic E-state index is 12.9. The topological polar surface area (TPSA) is 47.0 Å². The van der Waals surface area contributed by atoms with Crippen molar-refractivity contribution >= 4 is 5.82 Å². The third kappa shape index (κ3) is 3.42. The molecule has 2 aromatic rings. The van der Waals surface area contributed by atoms with Crippen LogP contribution in [0.2, 0.25) is 0 Å². The number of benzene rings is 1. The summed E-state index contributed by atoms with van der Waals surface area (Å²) in [6.07, 6.45) is -3.24. The summed E-state index contributed by atoms with van der Waals surface area (Å²) in [5.41, 5.74) is -0.288. The van der Waals surface area contributed by atoms with Crippen LogP contribution >= 0.6 is 0 Å². The summed E-state index contributed by atoms with van der Waals surface area (Å²) in [5, 5.41) is 2.99. The molecule has 0 bridgehead atoms. The summed E-state index contributed by atoms with van der Waals surface area (Å²) in [6.45, 7) is 4.21. The Morgan fingerprint density at radius 1 is 1.19 bits per heavy atom. The number of nitrogens with one attached hydrogen (secondary N) is 1. The van der Waals surface area contributed by atoms with E-state index in [2.05, 4.69) is 15.3 Å². The van der Waals surface area contributed by atoms with Crippen molar-refractivity contribution in [2.75, 3.05) is 11.9 Å². The van der Waals surface area contributed by atoms with Crippen molar-refractivity contribution in [2.24, 2.45) is 0 Å². The number of ether oxygens (including phenoxy) is 1. The van der Waals surface area contributed by atoms with Gasteiger partial charge in [0, 0.05) is 6.54 Å². The molecule has 7 heteroatoms. The number of anilines is 1. The first-order valence-electron chi connectivity index (χ1n) is 6.33. The van der Waals surface area contributed by atoms with E-state index in [1.165, 1.54) is 24.5 Å². The Kier molecular flexibility index (Phi) is 4.30. The Morgan fingerprint density at radius 3 is 2.57 bits per heavy atom. The number of rotatable bonds is 4. The largest absolute Gasteiger partial charge is 0.438 e. The Morgan fingerprint density at radius 2 is 1.90 bits per heavy atom. The smallest absolute Gasteiger partial charge is 0.419 e. The van der Waals surface area contributed by atoms with Crippen molar-refractivity contribution in [3.63, 3.8) is 0 Å². The highest BCUT2D eigenvalue weighted by molar-refractivity contribution is 5.49. The Labute approximate surface area is 120 Å². The molecule has 112 valence electrons. The van der Waals surface area contributed by atoms with Gasteiger partial charge in [-0.1, -0.05) is 12.1 Å². The Balaban J connectivity index is 2.38. The van der Waals surface area contributed by atoms with E-state index >= 15 is 0 Å². The van der Waals surface area contributed by atoms with Gasteiger partial charge < -0.3 is 10.1 Å². The standard InChI is InChI=1S/C14H14F3N3O/c1-3-18-12-9(2)13(20-8-19-12)21-11-7-5-4-6-10(11)14(15,16)17/h4-8H,3H2,1-2H3,(H,18,19,20). The molecular weight excluding hydrogens is 283 g/mol. The van der Waals surface area contributed by atoms with Gasteiger partial charge in [0.2, 0.25) is 5.88 Å². The lowest BCUT2D eigenvalue weighted by atomic mass is 10.2. The molecule has 0 spiro atoms. The second-order valence-corrected chi connectivity index (χ2v) is 4.28. The van der Waals surface area contributed by atoms with Crippen molar-refractivity contribution in [3.8, 4) is 11.6 Å². The predicted molar refractivity (Wildman–Crippen MR) is 72.5 cm³/mol. The summed E-state index contributed by atoms with van der Waals surface area (Å²) in [6, 6.07) is 5.02. The van der Waals surface area contributed by atoms with Crippen LogP contribution in [-0.4, -0.2) is 16.5 Å². The first-order valence-corrected chi connectivity index (χ1v) is 6.33. The molecule has 1 aromatic carbocycles. The molecule has 0 aliphatic carbocycles. The van der Waals surface area contributed by atoms with E-state index in [9.17, 15) is 13.2 Å². The van der Waals surface area contributed by atoms with Gasteiger partial charge in [0.25, 0.3) is 0 Å². The van der Waals surface area contributed by atoms with Crippen LogP contribution in [0.3, 0.4) is 0 Å². The molecule has 4 nitrogen and oxygen atoms in total. The van der Waals surface area contributed by atoms with Gasteiger partial charge in [-0.3, -0.25) is 0 Å². The summed E-state index contributed by atoms with van der Waals surface area (Å²) >= 11 is 0. The lowest BCUT2D eigenvalue weighted by Crippen LogP contribution is -2.08. The van der Waals surface area contributed by atoms with E-state index in [1.54, 1.807) is 6.92 Å². The fraction of sp³-hybridized carbons (Fsp3) is 0.286. The van der Waals surface area contributed by atoms with Crippen molar-refractivity contribution in [2.45, 2.75) is 20.0 Å². The molecule has 1 aromatic heterocycles. The average Bonchev–Trinajstić information content (AvgIpc) is 2.43. The number of alkyl halides is 3. The highest BCUT2D eigenvalue weighted by Crippen LogP contribution is 2.38. The van der Waals surface area contributed by atoms with Crippen LogP contribution in [0, 0.1) is 6.92 Å². The molecule has 0 radical (unpaired) electrons. The third-order valence-electron chi connectivity index (χ3n) is 2.78. The van der Waals surface area contributed by atoms with Gasteiger partial charge >= 0.3 is 6.18 Å². The van der Waals surface area contributed by atoms with Gasteiger partial charge in [0.05, 0.1) is 11.1 Å². The molecule has 0 aliphatic heterocycles. The number of nitrogens with zero attached hydrogens (tertiary/aromatic N) is 2. The van der Waals surface area contributed by atoms with E-state index in [-0.39, 0.29) is 11.6 Å². The maximum Gasteiger partial charge on any atom is 0.419 e. The lowest BCUT2D eigenvalue weighted by molar-refractivity contribution is -0.138. The van der Waals surface area contributed by atoms with Crippen LogP contribution in [0.1, 0.15) is 18.1 Å². The lowest BCUT2D eigenvalue weighted by Gasteiger charge is -2.15. The minimum atomic E-state index is -4.48. The molecule has 0 fully saturated rings. The first kappa shape index (κ1) is 15.1. The van der Waals surface area contributed by atoms with Crippen LogP contribution < -0.4 is 10.1 Å². The van der Waals surface area contributed by atoms with Gasteiger partial charge in [0.1, 0.15) is 17.9 Å². The van der Waals surface area contributed by atoms with Crippen LogP contribution in [0.5, 0.6) is 11.6 Å². The van der Waals surface area contributed by atoms with Gasteiger partial charge in [-0.2, -0.15) is 13.2 Å². The Hall–Kier alpha value is -2.31. The van der Waals surface area contributed by atoms with Crippen molar-refractivity contribution in [3.05, 3.63) is 41.7 Å². The molecule has 2 rings (SSSR count). The van der Waals surface area contributed by atoms with E-state index in [4.69, 9.17) is 4.74 Å². The molecule has 0 saturated carbocycles. The number of para-hydroxylation sites is 1. The monoisotopic (exact) mass is 297 g/mol. The Bertz CT molecular complexity index is 629. The highest BCUT2D eigenvalue weighted by atomic mass is 19.4. The zero-order chi connectivity index (χ0) is 15.5. The predicted octanol–water partition coefficient (Wildman–Crippen LogP) is 4.03. The quantitative estimate of drug-likeness (QED) is 0.925. The van der Waals surface area contributed by atoms with Crippen molar-refractivity contribution in [1.82, 2.24) is 9.97 Å². The SMILES string of the molecule is CCNc1ncnc(Oc2ccccc2C(F)(F)F)c1C. The normalized spacial score (nSPS) is 11.3. The van der Waals surface area contributed by atoms with Crippen molar-refractivity contribution in [1.29, 1.82) is 0 Å². The van der Waals surface area contributed by atoms with E-state index < -0.39 is 11.7 Å². The summed E-state index contributed by atoms with van der Waals surface area (Å²) < 4.78 is 44.1. The van der Waals surface area contributed by atoms with Gasteiger partial charge in [-0.15, -0.1) is 0 Å². The summed E-state index contributed by atoms with van der Waals surface area (Å²) in [7, 11) is 0. The highest BCUT2D eigenvalue weighted by Gasteiger charge is 2.34. The number of aromatic nitrogens is 2. The van der Waals surface area contributed by atoms with Crippen molar-refractivity contribution < 1.29 is 17.9 Å². The number of hydrogen-bond acceptors (Lipinski definition) is 4. The maximum atomic E-state index is 12.9. The second kappa shape index (κ2) is 5.99. The molecule has 21 heavy (non-hydrogen) atoms. The summed E-state index contributed by atoms with van der Waals surface area (Å²) in [4.78, 5) is 7.92. The van der Waals surface area contributed by atoms with Crippen LogP contribution in [-0.2, 0) is 6.18 Å². The van der Waals surface area contributed by atoms with Crippen LogP contribution in [0.25, 0.3) is 0 Å². The molecule has 1 heterocycles. The molecule has 0 aliphatic rings.